The lowest BCUT2D eigenvalue weighted by molar-refractivity contribution is -0.122. The maximum Gasteiger partial charge on any atom is 0.320 e. The third kappa shape index (κ3) is 5.53. The minimum absolute atomic E-state index is 0.204. The standard InChI is InChI=1S/C11H16F4N2O2S2/c1-7(2)16-4-8-3-9(5-20-8)21(18,19)17-6-11(14,15)10(12)13/h3,5,7,10,16-17H,4,6H2,1-2H3. The summed E-state index contributed by atoms with van der Waals surface area (Å²) in [6, 6.07) is 1.53. The molecule has 0 radical (unpaired) electrons. The lowest BCUT2D eigenvalue weighted by Crippen LogP contribution is -2.41. The fourth-order valence-corrected chi connectivity index (χ4v) is 3.52. The summed E-state index contributed by atoms with van der Waals surface area (Å²) in [5.74, 6) is -4.40. The summed E-state index contributed by atoms with van der Waals surface area (Å²) in [5.41, 5.74) is 0. The van der Waals surface area contributed by atoms with Gasteiger partial charge in [-0.25, -0.2) is 21.9 Å². The van der Waals surface area contributed by atoms with E-state index in [1.807, 2.05) is 13.8 Å². The largest absolute Gasteiger partial charge is 0.320 e. The van der Waals surface area contributed by atoms with Gasteiger partial charge in [-0.2, -0.15) is 8.78 Å². The van der Waals surface area contributed by atoms with Crippen LogP contribution in [0.5, 0.6) is 0 Å². The van der Waals surface area contributed by atoms with Crippen LogP contribution in [0.15, 0.2) is 16.3 Å². The molecule has 21 heavy (non-hydrogen) atoms. The van der Waals surface area contributed by atoms with Crippen molar-refractivity contribution >= 4 is 21.4 Å². The number of alkyl halides is 4. The highest BCUT2D eigenvalue weighted by Crippen LogP contribution is 2.23. The van der Waals surface area contributed by atoms with Crippen LogP contribution in [0, 0.1) is 0 Å². The molecule has 10 heteroatoms. The lowest BCUT2D eigenvalue weighted by Gasteiger charge is -2.15. The average molecular weight is 348 g/mol. The van der Waals surface area contributed by atoms with Crippen molar-refractivity contribution in [3.63, 3.8) is 0 Å². The van der Waals surface area contributed by atoms with E-state index in [-0.39, 0.29) is 10.9 Å². The Morgan fingerprint density at radius 2 is 1.95 bits per heavy atom. The van der Waals surface area contributed by atoms with Crippen molar-refractivity contribution in [3.05, 3.63) is 16.3 Å². The topological polar surface area (TPSA) is 58.2 Å². The first-order valence-electron chi connectivity index (χ1n) is 6.01. The number of hydrogen-bond acceptors (Lipinski definition) is 4. The molecule has 0 spiro atoms. The van der Waals surface area contributed by atoms with Gasteiger partial charge in [-0.05, 0) is 6.07 Å². The molecule has 1 aromatic rings. The molecule has 0 fully saturated rings. The number of rotatable bonds is 8. The monoisotopic (exact) mass is 348 g/mol. The maximum absolute atomic E-state index is 12.7. The molecule has 0 aliphatic carbocycles. The number of hydrogen-bond donors (Lipinski definition) is 2. The van der Waals surface area contributed by atoms with E-state index in [0.717, 1.165) is 11.3 Å². The van der Waals surface area contributed by atoms with E-state index in [0.29, 0.717) is 11.4 Å². The second kappa shape index (κ2) is 7.03. The Morgan fingerprint density at radius 1 is 1.33 bits per heavy atom. The molecule has 0 aromatic carbocycles. The van der Waals surface area contributed by atoms with Gasteiger partial charge >= 0.3 is 12.3 Å². The van der Waals surface area contributed by atoms with E-state index < -0.39 is 28.9 Å². The van der Waals surface area contributed by atoms with Gasteiger partial charge in [-0.15, -0.1) is 11.3 Å². The maximum atomic E-state index is 12.7. The van der Waals surface area contributed by atoms with Crippen molar-refractivity contribution in [1.29, 1.82) is 0 Å². The zero-order chi connectivity index (χ0) is 16.3. The Bertz CT molecular complexity index is 558. The van der Waals surface area contributed by atoms with Gasteiger partial charge in [0.05, 0.1) is 11.4 Å². The predicted octanol–water partition coefficient (Wildman–Crippen LogP) is 2.42. The third-order valence-electron chi connectivity index (χ3n) is 2.44. The Balaban J connectivity index is 2.71. The van der Waals surface area contributed by atoms with Crippen molar-refractivity contribution in [2.75, 3.05) is 6.54 Å². The molecule has 0 atom stereocenters. The van der Waals surface area contributed by atoms with Crippen LogP contribution in [0.25, 0.3) is 0 Å². The first-order chi connectivity index (χ1) is 9.54. The second-order valence-electron chi connectivity index (χ2n) is 4.67. The summed E-state index contributed by atoms with van der Waals surface area (Å²) < 4.78 is 74.4. The third-order valence-corrected chi connectivity index (χ3v) is 4.91. The van der Waals surface area contributed by atoms with Crippen LogP contribution in [-0.4, -0.2) is 33.4 Å². The van der Waals surface area contributed by atoms with Crippen LogP contribution >= 0.6 is 11.3 Å². The van der Waals surface area contributed by atoms with Crippen molar-refractivity contribution < 1.29 is 26.0 Å². The SMILES string of the molecule is CC(C)NCc1cc(S(=O)(=O)NCC(F)(F)C(F)F)cs1. The van der Waals surface area contributed by atoms with Crippen molar-refractivity contribution in [2.45, 2.75) is 43.7 Å². The molecule has 0 bridgehead atoms. The summed E-state index contributed by atoms with van der Waals surface area (Å²) in [7, 11) is -4.23. The highest BCUT2D eigenvalue weighted by Gasteiger charge is 2.41. The molecule has 4 nitrogen and oxygen atoms in total. The zero-order valence-corrected chi connectivity index (χ0v) is 13.0. The van der Waals surface area contributed by atoms with E-state index in [9.17, 15) is 26.0 Å². The van der Waals surface area contributed by atoms with E-state index in [1.54, 1.807) is 0 Å². The molecule has 2 N–H and O–H groups in total. The number of nitrogens with one attached hydrogen (secondary N) is 2. The summed E-state index contributed by atoms with van der Waals surface area (Å²) in [6.45, 7) is 2.63. The second-order valence-corrected chi connectivity index (χ2v) is 7.43. The summed E-state index contributed by atoms with van der Waals surface area (Å²) in [5, 5.41) is 4.35. The van der Waals surface area contributed by atoms with Crippen molar-refractivity contribution in [2.24, 2.45) is 0 Å². The zero-order valence-electron chi connectivity index (χ0n) is 11.4. The Morgan fingerprint density at radius 3 is 2.48 bits per heavy atom. The molecule has 0 saturated heterocycles. The summed E-state index contributed by atoms with van der Waals surface area (Å²) in [4.78, 5) is 0.489. The molecule has 0 saturated carbocycles. The number of sulfonamides is 1. The Kier molecular flexibility index (Phi) is 6.14. The predicted molar refractivity (Wildman–Crippen MR) is 72.4 cm³/mol. The van der Waals surface area contributed by atoms with Gasteiger partial charge < -0.3 is 5.32 Å². The fraction of sp³-hybridized carbons (Fsp3) is 0.636. The van der Waals surface area contributed by atoms with Crippen LogP contribution in [0.3, 0.4) is 0 Å². The van der Waals surface area contributed by atoms with Crippen LogP contribution < -0.4 is 10.0 Å². The average Bonchev–Trinajstić information content (AvgIpc) is 2.83. The van der Waals surface area contributed by atoms with Crippen LogP contribution in [0.1, 0.15) is 18.7 Å². The molecule has 122 valence electrons. The normalized spacial score (nSPS) is 13.3. The van der Waals surface area contributed by atoms with E-state index in [1.165, 1.54) is 16.2 Å². The van der Waals surface area contributed by atoms with Crippen molar-refractivity contribution in [3.8, 4) is 0 Å². The lowest BCUT2D eigenvalue weighted by atomic mass is 10.4. The molecular formula is C11H16F4N2O2S2. The van der Waals surface area contributed by atoms with E-state index in [2.05, 4.69) is 5.32 Å². The number of thiophene rings is 1. The Labute approximate surface area is 124 Å². The van der Waals surface area contributed by atoms with Gasteiger partial charge in [0.2, 0.25) is 10.0 Å². The van der Waals surface area contributed by atoms with Crippen LogP contribution in [0.4, 0.5) is 17.6 Å². The van der Waals surface area contributed by atoms with Gasteiger partial charge in [0.15, 0.2) is 0 Å². The summed E-state index contributed by atoms with van der Waals surface area (Å²) in [6.07, 6.45) is -3.92. The molecular weight excluding hydrogens is 332 g/mol. The van der Waals surface area contributed by atoms with Gasteiger partial charge in [0.25, 0.3) is 0 Å². The van der Waals surface area contributed by atoms with Gasteiger partial charge in [0, 0.05) is 22.8 Å². The minimum atomic E-state index is -4.40. The van der Waals surface area contributed by atoms with Crippen LogP contribution in [-0.2, 0) is 16.6 Å². The first-order valence-corrected chi connectivity index (χ1v) is 8.37. The molecule has 0 aliphatic heterocycles. The number of halogens is 4. The van der Waals surface area contributed by atoms with Gasteiger partial charge in [-0.1, -0.05) is 13.8 Å². The van der Waals surface area contributed by atoms with Crippen LogP contribution in [0.2, 0.25) is 0 Å². The highest BCUT2D eigenvalue weighted by molar-refractivity contribution is 7.89. The van der Waals surface area contributed by atoms with Gasteiger partial charge in [0.1, 0.15) is 0 Å². The molecule has 0 amide bonds. The van der Waals surface area contributed by atoms with Crippen molar-refractivity contribution in [1.82, 2.24) is 10.0 Å². The highest BCUT2D eigenvalue weighted by atomic mass is 32.2. The first kappa shape index (κ1) is 18.3. The van der Waals surface area contributed by atoms with Gasteiger partial charge in [-0.3, -0.25) is 0 Å². The molecule has 1 rings (SSSR count). The molecule has 1 aromatic heterocycles. The van der Waals surface area contributed by atoms with E-state index in [4.69, 9.17) is 0 Å². The quantitative estimate of drug-likeness (QED) is 0.710. The Hall–Kier alpha value is -0.710. The summed E-state index contributed by atoms with van der Waals surface area (Å²) >= 11 is 1.14. The molecule has 0 unspecified atom stereocenters. The fourth-order valence-electron chi connectivity index (χ4n) is 1.25. The molecule has 0 aliphatic rings. The molecule has 1 heterocycles. The smallest absolute Gasteiger partial charge is 0.310 e. The minimum Gasteiger partial charge on any atom is -0.310 e. The van der Waals surface area contributed by atoms with E-state index >= 15 is 0 Å².